The molecule has 0 spiro atoms. The van der Waals surface area contributed by atoms with Crippen molar-refractivity contribution in [2.24, 2.45) is 5.92 Å². The van der Waals surface area contributed by atoms with Crippen molar-refractivity contribution in [3.05, 3.63) is 35.9 Å². The minimum atomic E-state index is -3.05. The van der Waals surface area contributed by atoms with Gasteiger partial charge in [-0.1, -0.05) is 36.8 Å². The molecule has 1 aliphatic carbocycles. The average molecular weight is 308 g/mol. The van der Waals surface area contributed by atoms with Gasteiger partial charge >= 0.3 is 0 Å². The van der Waals surface area contributed by atoms with Gasteiger partial charge in [0.25, 0.3) is 0 Å². The number of ketones is 1. The van der Waals surface area contributed by atoms with Crippen molar-refractivity contribution in [3.63, 3.8) is 0 Å². The van der Waals surface area contributed by atoms with E-state index in [9.17, 15) is 13.2 Å². The first-order chi connectivity index (χ1) is 9.73. The van der Waals surface area contributed by atoms with E-state index >= 15 is 0 Å². The second-order valence-corrected chi connectivity index (χ2v) is 9.00. The second-order valence-electron chi connectivity index (χ2n) is 6.67. The molecule has 2 unspecified atom stereocenters. The van der Waals surface area contributed by atoms with E-state index in [0.29, 0.717) is 12.8 Å². The molecule has 1 aromatic carbocycles. The van der Waals surface area contributed by atoms with Crippen LogP contribution in [-0.4, -0.2) is 25.7 Å². The fraction of sp³-hybridized carbons (Fsp3) is 0.588. The van der Waals surface area contributed by atoms with Gasteiger partial charge in [0.15, 0.2) is 0 Å². The first-order valence-corrected chi connectivity index (χ1v) is 9.47. The van der Waals surface area contributed by atoms with Crippen LogP contribution < -0.4 is 0 Å². The molecule has 0 aromatic heterocycles. The van der Waals surface area contributed by atoms with Crippen LogP contribution in [-0.2, 0) is 20.0 Å². The normalized spacial score (nSPS) is 23.8. The molecule has 0 saturated heterocycles. The monoisotopic (exact) mass is 308 g/mol. The highest BCUT2D eigenvalue weighted by Crippen LogP contribution is 2.35. The third-order valence-electron chi connectivity index (χ3n) is 4.71. The number of Topliss-reactive ketones (excluding diaryl/α,β-unsaturated/α-hetero) is 1. The Morgan fingerprint density at radius 1 is 1.14 bits per heavy atom. The lowest BCUT2D eigenvalue weighted by atomic mass is 9.72. The number of carbonyl (C=O) groups is 1. The number of benzene rings is 1. The highest BCUT2D eigenvalue weighted by molar-refractivity contribution is 7.91. The van der Waals surface area contributed by atoms with E-state index in [4.69, 9.17) is 0 Å². The van der Waals surface area contributed by atoms with Crippen LogP contribution >= 0.6 is 0 Å². The Morgan fingerprint density at radius 2 is 1.76 bits per heavy atom. The molecule has 0 N–H and O–H groups in total. The van der Waals surface area contributed by atoms with Gasteiger partial charge in [0.05, 0.1) is 5.25 Å². The van der Waals surface area contributed by atoms with Crippen LogP contribution in [0.2, 0.25) is 0 Å². The van der Waals surface area contributed by atoms with E-state index in [2.05, 4.69) is 0 Å². The second kappa shape index (κ2) is 5.91. The molecular formula is C17H24O3S. The van der Waals surface area contributed by atoms with Gasteiger partial charge in [-0.05, 0) is 38.7 Å². The average Bonchev–Trinajstić information content (AvgIpc) is 2.46. The Bertz CT molecular complexity index is 602. The lowest BCUT2D eigenvalue weighted by Gasteiger charge is -2.33. The Hall–Kier alpha value is -1.16. The van der Waals surface area contributed by atoms with Crippen LogP contribution in [0.25, 0.3) is 0 Å². The van der Waals surface area contributed by atoms with E-state index in [1.807, 2.05) is 44.2 Å². The maximum Gasteiger partial charge on any atom is 0.150 e. The Labute approximate surface area is 127 Å². The zero-order valence-electron chi connectivity index (χ0n) is 13.0. The number of hydrogen-bond acceptors (Lipinski definition) is 3. The first kappa shape index (κ1) is 16.2. The summed E-state index contributed by atoms with van der Waals surface area (Å²) >= 11 is 0. The van der Waals surface area contributed by atoms with Crippen LogP contribution in [0.15, 0.2) is 30.3 Å². The van der Waals surface area contributed by atoms with E-state index in [0.717, 1.165) is 18.4 Å². The molecule has 3 nitrogen and oxygen atoms in total. The van der Waals surface area contributed by atoms with Gasteiger partial charge in [-0.15, -0.1) is 0 Å². The highest BCUT2D eigenvalue weighted by Gasteiger charge is 2.39. The molecule has 0 bridgehead atoms. The van der Waals surface area contributed by atoms with Crippen LogP contribution in [0, 0.1) is 5.92 Å². The molecule has 1 aliphatic rings. The van der Waals surface area contributed by atoms with Crippen LogP contribution in [0.5, 0.6) is 0 Å². The third-order valence-corrected chi connectivity index (χ3v) is 6.35. The summed E-state index contributed by atoms with van der Waals surface area (Å²) in [7, 11) is -3.05. The van der Waals surface area contributed by atoms with Crippen molar-refractivity contribution in [2.75, 3.05) is 6.26 Å². The van der Waals surface area contributed by atoms with Gasteiger partial charge in [-0.2, -0.15) is 0 Å². The van der Waals surface area contributed by atoms with E-state index in [1.165, 1.54) is 6.26 Å². The van der Waals surface area contributed by atoms with Crippen LogP contribution in [0.4, 0.5) is 0 Å². The van der Waals surface area contributed by atoms with E-state index < -0.39 is 15.3 Å². The summed E-state index contributed by atoms with van der Waals surface area (Å²) in [6.07, 6.45) is 4.08. The van der Waals surface area contributed by atoms with Gasteiger partial charge in [-0.3, -0.25) is 4.79 Å². The summed E-state index contributed by atoms with van der Waals surface area (Å²) in [6, 6.07) is 9.74. The summed E-state index contributed by atoms with van der Waals surface area (Å²) in [6.45, 7) is 3.88. The standard InChI is InChI=1S/C17H24O3S/c1-17(2,14-9-5-4-6-10-14)16(18)13-8-7-11-15(12-13)21(3,19)20/h4-6,9-10,13,15H,7-8,11-12H2,1-3H3. The molecule has 1 saturated carbocycles. The minimum Gasteiger partial charge on any atom is -0.298 e. The summed E-state index contributed by atoms with van der Waals surface area (Å²) in [5, 5.41) is -0.355. The predicted octanol–water partition coefficient (Wildman–Crippen LogP) is 3.14. The SMILES string of the molecule is CC(C)(C(=O)C1CCCC(S(C)(=O)=O)C1)c1ccccc1. The van der Waals surface area contributed by atoms with Crippen molar-refractivity contribution in [1.82, 2.24) is 0 Å². The molecule has 21 heavy (non-hydrogen) atoms. The molecule has 0 heterocycles. The molecule has 2 atom stereocenters. The van der Waals surface area contributed by atoms with Gasteiger partial charge in [-0.25, -0.2) is 8.42 Å². The van der Waals surface area contributed by atoms with Crippen LogP contribution in [0.1, 0.15) is 45.1 Å². The zero-order valence-corrected chi connectivity index (χ0v) is 13.8. The number of hydrogen-bond donors (Lipinski definition) is 0. The highest BCUT2D eigenvalue weighted by atomic mass is 32.2. The topological polar surface area (TPSA) is 51.2 Å². The molecule has 116 valence electrons. The van der Waals surface area contributed by atoms with Gasteiger partial charge in [0.2, 0.25) is 0 Å². The maximum atomic E-state index is 12.9. The maximum absolute atomic E-state index is 12.9. The van der Waals surface area contributed by atoms with Gasteiger partial charge in [0, 0.05) is 17.6 Å². The molecule has 1 aromatic rings. The Balaban J connectivity index is 2.20. The lowest BCUT2D eigenvalue weighted by molar-refractivity contribution is -0.128. The van der Waals surface area contributed by atoms with Crippen molar-refractivity contribution in [3.8, 4) is 0 Å². The Kier molecular flexibility index (Phi) is 4.57. The first-order valence-electron chi connectivity index (χ1n) is 7.51. The van der Waals surface area contributed by atoms with Crippen molar-refractivity contribution < 1.29 is 13.2 Å². The number of sulfone groups is 1. The molecular weight excluding hydrogens is 284 g/mol. The molecule has 2 rings (SSSR count). The summed E-state index contributed by atoms with van der Waals surface area (Å²) in [5.74, 6) is 0.0238. The molecule has 1 fully saturated rings. The lowest BCUT2D eigenvalue weighted by Crippen LogP contribution is -2.39. The molecule has 0 amide bonds. The largest absolute Gasteiger partial charge is 0.298 e. The third kappa shape index (κ3) is 3.54. The van der Waals surface area contributed by atoms with Crippen molar-refractivity contribution >= 4 is 15.6 Å². The van der Waals surface area contributed by atoms with E-state index in [-0.39, 0.29) is 17.0 Å². The predicted molar refractivity (Wildman–Crippen MR) is 85.1 cm³/mol. The van der Waals surface area contributed by atoms with Crippen molar-refractivity contribution in [2.45, 2.75) is 50.2 Å². The number of rotatable bonds is 4. The summed E-state index contributed by atoms with van der Waals surface area (Å²) in [4.78, 5) is 12.9. The smallest absolute Gasteiger partial charge is 0.150 e. The quantitative estimate of drug-likeness (QED) is 0.858. The van der Waals surface area contributed by atoms with Gasteiger partial charge < -0.3 is 0 Å². The zero-order chi connectivity index (χ0) is 15.7. The minimum absolute atomic E-state index is 0.145. The Morgan fingerprint density at radius 3 is 2.33 bits per heavy atom. The molecule has 4 heteroatoms. The van der Waals surface area contributed by atoms with E-state index in [1.54, 1.807) is 0 Å². The van der Waals surface area contributed by atoms with Gasteiger partial charge in [0.1, 0.15) is 15.6 Å². The van der Waals surface area contributed by atoms with Crippen molar-refractivity contribution in [1.29, 1.82) is 0 Å². The fourth-order valence-corrected chi connectivity index (χ4v) is 4.46. The summed E-state index contributed by atoms with van der Waals surface area (Å²) in [5.41, 5.74) is 0.433. The molecule has 0 aliphatic heterocycles. The van der Waals surface area contributed by atoms with Crippen LogP contribution in [0.3, 0.4) is 0 Å². The summed E-state index contributed by atoms with van der Waals surface area (Å²) < 4.78 is 23.5. The fourth-order valence-electron chi connectivity index (χ4n) is 3.28. The number of carbonyl (C=O) groups excluding carboxylic acids is 1. The molecule has 0 radical (unpaired) electrons.